The Morgan fingerprint density at radius 1 is 1.31 bits per heavy atom. The molecule has 10 heteroatoms. The Bertz CT molecular complexity index is 1320. The van der Waals surface area contributed by atoms with E-state index >= 15 is 0 Å². The highest BCUT2D eigenvalue weighted by atomic mass is 35.5. The summed E-state index contributed by atoms with van der Waals surface area (Å²) in [5.74, 6) is -0.279. The van der Waals surface area contributed by atoms with Gasteiger partial charge in [-0.05, 0) is 47.9 Å². The number of aromatic hydroxyl groups is 1. The summed E-state index contributed by atoms with van der Waals surface area (Å²) in [7, 11) is 1.47. The van der Waals surface area contributed by atoms with Gasteiger partial charge in [-0.25, -0.2) is 4.68 Å². The fraction of sp³-hybridized carbons (Fsp3) is 0.273. The monoisotopic (exact) mass is 465 g/mol. The summed E-state index contributed by atoms with van der Waals surface area (Å²) in [4.78, 5) is 12.4. The van der Waals surface area contributed by atoms with Gasteiger partial charge in [-0.3, -0.25) is 4.79 Å². The number of benzene rings is 2. The van der Waals surface area contributed by atoms with Gasteiger partial charge in [-0.2, -0.15) is 18.3 Å². The van der Waals surface area contributed by atoms with Gasteiger partial charge in [0.05, 0.1) is 22.6 Å². The first-order valence-corrected chi connectivity index (χ1v) is 10.0. The quantitative estimate of drug-likeness (QED) is 0.517. The van der Waals surface area contributed by atoms with E-state index in [-0.39, 0.29) is 33.0 Å². The lowest BCUT2D eigenvalue weighted by molar-refractivity contribution is -0.265. The van der Waals surface area contributed by atoms with Crippen LogP contribution in [0.1, 0.15) is 30.5 Å². The number of allylic oxidation sites excluding steroid dienone is 1. The molecule has 0 saturated heterocycles. The maximum atomic E-state index is 14.2. The average Bonchev–Trinajstić information content (AvgIpc) is 2.73. The van der Waals surface area contributed by atoms with Crippen LogP contribution in [-0.2, 0) is 7.05 Å². The summed E-state index contributed by atoms with van der Waals surface area (Å²) in [6, 6.07) is 5.41. The molecule has 1 aliphatic carbocycles. The number of fused-ring (bicyclic) bond motifs is 2. The van der Waals surface area contributed by atoms with E-state index in [9.17, 15) is 28.2 Å². The van der Waals surface area contributed by atoms with Gasteiger partial charge in [0.2, 0.25) is 0 Å². The number of nitrogens with one attached hydrogen (secondary N) is 1. The number of alkyl halides is 3. The molecule has 0 spiro atoms. The maximum absolute atomic E-state index is 14.2. The number of phenolic OH excluding ortho intramolecular Hbond substituents is 1. The van der Waals surface area contributed by atoms with Crippen molar-refractivity contribution in [3.63, 3.8) is 0 Å². The highest BCUT2D eigenvalue weighted by Gasteiger charge is 2.61. The number of aromatic nitrogens is 2. The SMILES string of the molecule is C/C=C1/CC(O)(C(F)(F)F)C(Nc2cccc3c(=O)n(C)ncc23)c2cc(Cl)c(O)cc21. The molecule has 2 atom stereocenters. The lowest BCUT2D eigenvalue weighted by Crippen LogP contribution is -2.54. The van der Waals surface area contributed by atoms with Crippen LogP contribution in [0.2, 0.25) is 5.02 Å². The molecule has 0 aliphatic heterocycles. The molecule has 4 rings (SSSR count). The van der Waals surface area contributed by atoms with Gasteiger partial charge < -0.3 is 15.5 Å². The molecule has 32 heavy (non-hydrogen) atoms. The van der Waals surface area contributed by atoms with E-state index in [0.717, 1.165) is 4.68 Å². The number of hydrogen-bond donors (Lipinski definition) is 3. The van der Waals surface area contributed by atoms with E-state index in [1.165, 1.54) is 43.6 Å². The van der Waals surface area contributed by atoms with Crippen molar-refractivity contribution in [1.82, 2.24) is 9.78 Å². The van der Waals surface area contributed by atoms with Gasteiger partial charge >= 0.3 is 6.18 Å². The third-order valence-corrected chi connectivity index (χ3v) is 6.15. The summed E-state index contributed by atoms with van der Waals surface area (Å²) in [5.41, 5.74) is -2.77. The van der Waals surface area contributed by atoms with E-state index in [0.29, 0.717) is 10.9 Å². The molecule has 3 N–H and O–H groups in total. The van der Waals surface area contributed by atoms with Crippen LogP contribution in [-0.4, -0.2) is 31.8 Å². The molecular formula is C22H19ClF3N3O3. The van der Waals surface area contributed by atoms with Crippen molar-refractivity contribution < 1.29 is 23.4 Å². The van der Waals surface area contributed by atoms with Crippen LogP contribution in [0.3, 0.4) is 0 Å². The molecule has 2 aromatic carbocycles. The van der Waals surface area contributed by atoms with Crippen molar-refractivity contribution in [3.05, 3.63) is 69.1 Å². The van der Waals surface area contributed by atoms with Crippen molar-refractivity contribution in [2.45, 2.75) is 31.2 Å². The summed E-state index contributed by atoms with van der Waals surface area (Å²) in [6.45, 7) is 1.56. The van der Waals surface area contributed by atoms with Gasteiger partial charge in [0.1, 0.15) is 5.75 Å². The first-order valence-electron chi connectivity index (χ1n) is 9.66. The molecule has 1 heterocycles. The van der Waals surface area contributed by atoms with Gasteiger partial charge in [-0.15, -0.1) is 0 Å². The Labute approximate surface area is 185 Å². The van der Waals surface area contributed by atoms with Crippen LogP contribution < -0.4 is 10.9 Å². The first kappa shape index (κ1) is 22.2. The maximum Gasteiger partial charge on any atom is 0.419 e. The number of anilines is 1. The van der Waals surface area contributed by atoms with Crippen molar-refractivity contribution in [2.24, 2.45) is 7.05 Å². The third kappa shape index (κ3) is 3.32. The molecule has 0 bridgehead atoms. The zero-order valence-electron chi connectivity index (χ0n) is 17.0. The fourth-order valence-electron chi connectivity index (χ4n) is 4.10. The Morgan fingerprint density at radius 3 is 2.69 bits per heavy atom. The normalized spacial score (nSPS) is 22.2. The van der Waals surface area contributed by atoms with E-state index < -0.39 is 29.8 Å². The number of aliphatic hydroxyl groups is 1. The Hall–Kier alpha value is -3.04. The zero-order chi connectivity index (χ0) is 23.4. The number of nitrogens with zero attached hydrogens (tertiary/aromatic N) is 2. The molecule has 0 radical (unpaired) electrons. The summed E-state index contributed by atoms with van der Waals surface area (Å²) < 4.78 is 43.8. The minimum atomic E-state index is -5.00. The first-order chi connectivity index (χ1) is 15.0. The standard InChI is InChI=1S/C22H19ClF3N3O3/c1-3-11-9-21(32,22(24,25)26)19(14-7-16(23)18(30)8-13(11)14)28-17-6-4-5-12-15(17)10-27-29(2)20(12)31/h3-8,10,19,28,30,32H,9H2,1-2H3/b11-3-. The summed E-state index contributed by atoms with van der Waals surface area (Å²) in [5, 5.41) is 28.2. The Morgan fingerprint density at radius 2 is 2.03 bits per heavy atom. The van der Waals surface area contributed by atoms with Crippen LogP contribution in [0, 0.1) is 0 Å². The van der Waals surface area contributed by atoms with E-state index in [1.807, 2.05) is 0 Å². The Kier molecular flexibility index (Phi) is 5.21. The lowest BCUT2D eigenvalue weighted by Gasteiger charge is -2.44. The number of phenols is 1. The zero-order valence-corrected chi connectivity index (χ0v) is 17.8. The highest BCUT2D eigenvalue weighted by molar-refractivity contribution is 6.32. The largest absolute Gasteiger partial charge is 0.506 e. The molecule has 6 nitrogen and oxygen atoms in total. The Balaban J connectivity index is 1.97. The molecule has 0 amide bonds. The predicted octanol–water partition coefficient (Wildman–Crippen LogP) is 4.55. The average molecular weight is 466 g/mol. The highest BCUT2D eigenvalue weighted by Crippen LogP contribution is 2.53. The van der Waals surface area contributed by atoms with Crippen LogP contribution >= 0.6 is 11.6 Å². The topological polar surface area (TPSA) is 87.4 Å². The minimum Gasteiger partial charge on any atom is -0.506 e. The fourth-order valence-corrected chi connectivity index (χ4v) is 4.27. The van der Waals surface area contributed by atoms with Crippen molar-refractivity contribution in [2.75, 3.05) is 5.32 Å². The van der Waals surface area contributed by atoms with Crippen LogP contribution in [0.4, 0.5) is 18.9 Å². The molecule has 1 aromatic heterocycles. The van der Waals surface area contributed by atoms with Gasteiger partial charge in [-0.1, -0.05) is 23.7 Å². The third-order valence-electron chi connectivity index (χ3n) is 5.84. The number of rotatable bonds is 2. The molecule has 168 valence electrons. The molecular weight excluding hydrogens is 447 g/mol. The van der Waals surface area contributed by atoms with Crippen LogP contribution in [0.5, 0.6) is 5.75 Å². The van der Waals surface area contributed by atoms with Crippen LogP contribution in [0.25, 0.3) is 16.3 Å². The minimum absolute atomic E-state index is 0.0702. The second-order valence-corrected chi connectivity index (χ2v) is 8.13. The molecule has 0 saturated carbocycles. The molecule has 1 aliphatic rings. The molecule has 0 fully saturated rings. The smallest absolute Gasteiger partial charge is 0.419 e. The number of aryl methyl sites for hydroxylation is 1. The summed E-state index contributed by atoms with van der Waals surface area (Å²) >= 11 is 6.03. The number of hydrogen-bond acceptors (Lipinski definition) is 5. The summed E-state index contributed by atoms with van der Waals surface area (Å²) in [6.07, 6.45) is -2.90. The van der Waals surface area contributed by atoms with E-state index in [1.54, 1.807) is 13.0 Å². The van der Waals surface area contributed by atoms with Crippen molar-refractivity contribution >= 4 is 33.6 Å². The molecule has 3 aromatic rings. The second-order valence-electron chi connectivity index (χ2n) is 7.72. The van der Waals surface area contributed by atoms with E-state index in [4.69, 9.17) is 11.6 Å². The van der Waals surface area contributed by atoms with Gasteiger partial charge in [0, 0.05) is 24.5 Å². The second kappa shape index (κ2) is 7.53. The predicted molar refractivity (Wildman–Crippen MR) is 116 cm³/mol. The number of halogens is 4. The van der Waals surface area contributed by atoms with E-state index in [2.05, 4.69) is 10.4 Å². The van der Waals surface area contributed by atoms with Crippen molar-refractivity contribution in [1.29, 1.82) is 0 Å². The van der Waals surface area contributed by atoms with Gasteiger partial charge in [0.25, 0.3) is 5.56 Å². The molecule has 2 unspecified atom stereocenters. The lowest BCUT2D eigenvalue weighted by atomic mass is 9.73. The van der Waals surface area contributed by atoms with Crippen molar-refractivity contribution in [3.8, 4) is 5.75 Å². The van der Waals surface area contributed by atoms with Gasteiger partial charge in [0.15, 0.2) is 5.60 Å². The van der Waals surface area contributed by atoms with Crippen LogP contribution in [0.15, 0.2) is 47.4 Å².